The van der Waals surface area contributed by atoms with Gasteiger partial charge in [0.05, 0.1) is 17.7 Å². The normalized spacial score (nSPS) is 10.9. The lowest BCUT2D eigenvalue weighted by molar-refractivity contribution is -0.384. The Morgan fingerprint density at radius 3 is 2.45 bits per heavy atom. The van der Waals surface area contributed by atoms with E-state index in [-0.39, 0.29) is 5.69 Å². The molecular formula is C14H10Cl3N3O2. The average Bonchev–Trinajstić information content (AvgIpc) is 2.47. The van der Waals surface area contributed by atoms with Gasteiger partial charge in [0.25, 0.3) is 5.69 Å². The molecule has 0 unspecified atom stereocenters. The minimum absolute atomic E-state index is 0.0556. The number of nitro benzene ring substituents is 1. The van der Waals surface area contributed by atoms with E-state index in [4.69, 9.17) is 34.8 Å². The van der Waals surface area contributed by atoms with Gasteiger partial charge in [-0.05, 0) is 18.2 Å². The van der Waals surface area contributed by atoms with Gasteiger partial charge in [-0.2, -0.15) is 5.10 Å². The molecule has 0 radical (unpaired) electrons. The highest BCUT2D eigenvalue weighted by molar-refractivity contribution is 6.36. The lowest BCUT2D eigenvalue weighted by atomic mass is 10.2. The Kier molecular flexibility index (Phi) is 5.60. The molecule has 2 aromatic rings. The number of hydrogen-bond donors (Lipinski definition) is 1. The van der Waals surface area contributed by atoms with E-state index in [1.165, 1.54) is 24.4 Å². The number of nitrogens with zero attached hydrogens (tertiary/aromatic N) is 2. The summed E-state index contributed by atoms with van der Waals surface area (Å²) in [5.41, 5.74) is 3.88. The number of rotatable bonds is 5. The van der Waals surface area contributed by atoms with Crippen LogP contribution in [0.15, 0.2) is 41.5 Å². The molecule has 0 aromatic heterocycles. The number of benzene rings is 2. The van der Waals surface area contributed by atoms with Gasteiger partial charge >= 0.3 is 0 Å². The Balaban J connectivity index is 2.07. The lowest BCUT2D eigenvalue weighted by Crippen LogP contribution is -2.06. The van der Waals surface area contributed by atoms with Gasteiger partial charge in [-0.15, -0.1) is 0 Å². The summed E-state index contributed by atoms with van der Waals surface area (Å²) in [6, 6.07) is 9.33. The number of nitro groups is 1. The minimum atomic E-state index is -0.495. The molecule has 0 saturated heterocycles. The first-order valence-corrected chi connectivity index (χ1v) is 7.25. The Labute approximate surface area is 141 Å². The van der Waals surface area contributed by atoms with Crippen LogP contribution in [0.4, 0.5) is 5.69 Å². The van der Waals surface area contributed by atoms with E-state index >= 15 is 0 Å². The molecule has 5 nitrogen and oxygen atoms in total. The topological polar surface area (TPSA) is 67.5 Å². The molecule has 1 N–H and O–H groups in total. The van der Waals surface area contributed by atoms with Gasteiger partial charge in [0.15, 0.2) is 0 Å². The van der Waals surface area contributed by atoms with Crippen LogP contribution >= 0.6 is 34.8 Å². The van der Waals surface area contributed by atoms with E-state index in [0.29, 0.717) is 32.7 Å². The first kappa shape index (κ1) is 16.5. The molecule has 0 aliphatic rings. The van der Waals surface area contributed by atoms with Crippen LogP contribution in [0, 0.1) is 10.1 Å². The number of hydrazone groups is 1. The van der Waals surface area contributed by atoms with Crippen molar-refractivity contribution in [1.82, 2.24) is 5.43 Å². The molecule has 2 aromatic carbocycles. The second kappa shape index (κ2) is 7.45. The second-order valence-electron chi connectivity index (χ2n) is 4.26. The quantitative estimate of drug-likeness (QED) is 0.479. The maximum absolute atomic E-state index is 10.7. The van der Waals surface area contributed by atoms with Gasteiger partial charge in [0.1, 0.15) is 0 Å². The third-order valence-electron chi connectivity index (χ3n) is 2.80. The van der Waals surface area contributed by atoms with E-state index in [1.807, 2.05) is 0 Å². The van der Waals surface area contributed by atoms with Crippen LogP contribution in [0.3, 0.4) is 0 Å². The zero-order valence-corrected chi connectivity index (χ0v) is 13.4. The third-order valence-corrected chi connectivity index (χ3v) is 3.86. The molecule has 0 spiro atoms. The summed E-state index contributed by atoms with van der Waals surface area (Å²) in [6.07, 6.45) is 1.40. The van der Waals surface area contributed by atoms with Gasteiger partial charge < -0.3 is 5.43 Å². The summed E-state index contributed by atoms with van der Waals surface area (Å²) in [5, 5.41) is 16.1. The predicted molar refractivity (Wildman–Crippen MR) is 89.0 cm³/mol. The van der Waals surface area contributed by atoms with E-state index in [0.717, 1.165) is 0 Å². The van der Waals surface area contributed by atoms with E-state index < -0.39 is 4.92 Å². The monoisotopic (exact) mass is 357 g/mol. The molecule has 0 amide bonds. The second-order valence-corrected chi connectivity index (χ2v) is 5.48. The van der Waals surface area contributed by atoms with Crippen molar-refractivity contribution < 1.29 is 4.92 Å². The van der Waals surface area contributed by atoms with Crippen molar-refractivity contribution in [2.45, 2.75) is 6.54 Å². The highest BCUT2D eigenvalue weighted by Gasteiger charge is 2.08. The molecule has 8 heteroatoms. The fraction of sp³-hybridized carbons (Fsp3) is 0.0714. The lowest BCUT2D eigenvalue weighted by Gasteiger charge is -2.06. The summed E-state index contributed by atoms with van der Waals surface area (Å²) in [6.45, 7) is 0.321. The van der Waals surface area contributed by atoms with Crippen molar-refractivity contribution in [3.05, 3.63) is 72.7 Å². The SMILES string of the molecule is O=[N+]([O-])c1ccc(Cl)c(/C=N/NCc2c(Cl)cccc2Cl)c1. The number of nitrogens with one attached hydrogen (secondary N) is 1. The summed E-state index contributed by atoms with van der Waals surface area (Å²) in [5.74, 6) is 0. The Morgan fingerprint density at radius 2 is 1.82 bits per heavy atom. The summed E-state index contributed by atoms with van der Waals surface area (Å²) >= 11 is 18.0. The fourth-order valence-corrected chi connectivity index (χ4v) is 2.38. The molecule has 0 fully saturated rings. The zero-order valence-electron chi connectivity index (χ0n) is 11.1. The van der Waals surface area contributed by atoms with Crippen LogP contribution in [-0.2, 0) is 6.54 Å². The van der Waals surface area contributed by atoms with Crippen LogP contribution in [0.2, 0.25) is 15.1 Å². The van der Waals surface area contributed by atoms with Gasteiger partial charge in [-0.25, -0.2) is 0 Å². The van der Waals surface area contributed by atoms with Crippen molar-refractivity contribution in [2.24, 2.45) is 5.10 Å². The molecule has 114 valence electrons. The van der Waals surface area contributed by atoms with Crippen LogP contribution in [-0.4, -0.2) is 11.1 Å². The van der Waals surface area contributed by atoms with Crippen LogP contribution in [0.25, 0.3) is 0 Å². The van der Waals surface area contributed by atoms with E-state index in [2.05, 4.69) is 10.5 Å². The van der Waals surface area contributed by atoms with Gasteiger partial charge in [0.2, 0.25) is 0 Å². The fourth-order valence-electron chi connectivity index (χ4n) is 1.68. The van der Waals surface area contributed by atoms with Crippen LogP contribution < -0.4 is 5.43 Å². The minimum Gasteiger partial charge on any atom is -0.306 e. The van der Waals surface area contributed by atoms with Gasteiger partial charge in [-0.1, -0.05) is 40.9 Å². The standard InChI is InChI=1S/C14H10Cl3N3O2/c15-12-5-4-10(20(21)22)6-9(12)7-18-19-8-11-13(16)2-1-3-14(11)17/h1-7,19H,8H2/b18-7+. The van der Waals surface area contributed by atoms with Crippen molar-refractivity contribution in [3.63, 3.8) is 0 Å². The maximum Gasteiger partial charge on any atom is 0.270 e. The first-order valence-electron chi connectivity index (χ1n) is 6.12. The molecular weight excluding hydrogens is 349 g/mol. The van der Waals surface area contributed by atoms with E-state index in [1.54, 1.807) is 18.2 Å². The van der Waals surface area contributed by atoms with Crippen molar-refractivity contribution in [1.29, 1.82) is 0 Å². The smallest absolute Gasteiger partial charge is 0.270 e. The third kappa shape index (κ3) is 4.10. The molecule has 22 heavy (non-hydrogen) atoms. The van der Waals surface area contributed by atoms with Gasteiger partial charge in [-0.3, -0.25) is 10.1 Å². The molecule has 0 bridgehead atoms. The highest BCUT2D eigenvalue weighted by Crippen LogP contribution is 2.24. The predicted octanol–water partition coefficient (Wildman–Crippen LogP) is 4.68. The first-order chi connectivity index (χ1) is 10.5. The number of hydrogen-bond acceptors (Lipinski definition) is 4. The summed E-state index contributed by atoms with van der Waals surface area (Å²) in [7, 11) is 0. The summed E-state index contributed by atoms with van der Waals surface area (Å²) < 4.78 is 0. The zero-order chi connectivity index (χ0) is 16.1. The summed E-state index contributed by atoms with van der Waals surface area (Å²) in [4.78, 5) is 10.2. The molecule has 0 atom stereocenters. The molecule has 0 saturated carbocycles. The highest BCUT2D eigenvalue weighted by atomic mass is 35.5. The van der Waals surface area contributed by atoms with Crippen molar-refractivity contribution in [3.8, 4) is 0 Å². The van der Waals surface area contributed by atoms with Crippen LogP contribution in [0.5, 0.6) is 0 Å². The van der Waals surface area contributed by atoms with Gasteiger partial charge in [0, 0.05) is 38.3 Å². The van der Waals surface area contributed by atoms with Crippen LogP contribution in [0.1, 0.15) is 11.1 Å². The van der Waals surface area contributed by atoms with Crippen molar-refractivity contribution >= 4 is 46.7 Å². The Hall–Kier alpha value is -1.82. The molecule has 0 heterocycles. The Morgan fingerprint density at radius 1 is 1.14 bits per heavy atom. The molecule has 0 aliphatic carbocycles. The Bertz CT molecular complexity index is 715. The number of halogens is 3. The van der Waals surface area contributed by atoms with Crippen molar-refractivity contribution in [2.75, 3.05) is 0 Å². The average molecular weight is 359 g/mol. The molecule has 0 aliphatic heterocycles. The maximum atomic E-state index is 10.7. The largest absolute Gasteiger partial charge is 0.306 e. The molecule has 2 rings (SSSR count). The van der Waals surface area contributed by atoms with E-state index in [9.17, 15) is 10.1 Å². The number of non-ortho nitro benzene ring substituents is 1.